The van der Waals surface area contributed by atoms with E-state index in [-0.39, 0.29) is 23.4 Å². The van der Waals surface area contributed by atoms with E-state index in [0.717, 1.165) is 17.7 Å². The second-order valence-electron chi connectivity index (χ2n) is 7.63. The van der Waals surface area contributed by atoms with Crippen molar-refractivity contribution in [2.75, 3.05) is 0 Å². The van der Waals surface area contributed by atoms with Gasteiger partial charge in [0.1, 0.15) is 5.70 Å². The molecule has 1 saturated carbocycles. The minimum absolute atomic E-state index is 0.0706. The molecule has 4 rings (SSSR count). The van der Waals surface area contributed by atoms with Gasteiger partial charge >= 0.3 is 0 Å². The quantitative estimate of drug-likeness (QED) is 0.799. The number of carbonyl (C=O) groups excluding carboxylic acids is 1. The number of hydrogen-bond acceptors (Lipinski definition) is 4. The highest BCUT2D eigenvalue weighted by Gasteiger charge is 2.48. The molecule has 0 bridgehead atoms. The highest BCUT2D eigenvalue weighted by atomic mass is 16.2. The largest absolute Gasteiger partial charge is 0.342 e. The first kappa shape index (κ1) is 14.5. The lowest BCUT2D eigenvalue weighted by Crippen LogP contribution is -2.41. The van der Waals surface area contributed by atoms with Gasteiger partial charge in [-0.1, -0.05) is 38.5 Å². The van der Waals surface area contributed by atoms with E-state index in [9.17, 15) is 4.79 Å². The number of nitrogens with one attached hydrogen (secondary N) is 3. The zero-order chi connectivity index (χ0) is 16.2. The van der Waals surface area contributed by atoms with E-state index in [1.807, 2.05) is 18.2 Å². The molecule has 1 aromatic heterocycles. The summed E-state index contributed by atoms with van der Waals surface area (Å²) < 4.78 is 0. The maximum atomic E-state index is 12.8. The molecule has 5 heteroatoms. The molecule has 23 heavy (non-hydrogen) atoms. The average molecular weight is 310 g/mol. The summed E-state index contributed by atoms with van der Waals surface area (Å²) in [6, 6.07) is 5.93. The third-order valence-corrected chi connectivity index (χ3v) is 4.84. The van der Waals surface area contributed by atoms with Crippen LogP contribution >= 0.6 is 0 Å². The molecule has 1 aliphatic heterocycles. The normalized spacial score (nSPS) is 26.1. The second kappa shape index (κ2) is 4.93. The third kappa shape index (κ3) is 2.45. The van der Waals surface area contributed by atoms with E-state index < -0.39 is 0 Å². The van der Waals surface area contributed by atoms with E-state index in [0.29, 0.717) is 11.6 Å². The Bertz CT molecular complexity index is 714. The van der Waals surface area contributed by atoms with Crippen LogP contribution in [-0.2, 0) is 4.79 Å². The summed E-state index contributed by atoms with van der Waals surface area (Å²) in [5.41, 5.74) is 10.3. The number of hydrazine groups is 1. The van der Waals surface area contributed by atoms with Crippen molar-refractivity contribution in [2.24, 2.45) is 11.3 Å². The van der Waals surface area contributed by atoms with Gasteiger partial charge in [0.15, 0.2) is 0 Å². The Morgan fingerprint density at radius 3 is 2.91 bits per heavy atom. The maximum absolute atomic E-state index is 12.8. The Morgan fingerprint density at radius 2 is 2.22 bits per heavy atom. The number of amides is 1. The number of hydrogen-bond donors (Lipinski definition) is 3. The highest BCUT2D eigenvalue weighted by Crippen LogP contribution is 2.50. The molecular formula is C18H22N4O. The van der Waals surface area contributed by atoms with Crippen LogP contribution in [0.15, 0.2) is 47.3 Å². The van der Waals surface area contributed by atoms with Gasteiger partial charge in [-0.25, -0.2) is 5.43 Å². The van der Waals surface area contributed by atoms with Crippen molar-refractivity contribution in [1.29, 1.82) is 0 Å². The van der Waals surface area contributed by atoms with Crippen LogP contribution in [0.4, 0.5) is 0 Å². The molecular weight excluding hydrogens is 288 g/mol. The first-order valence-electron chi connectivity index (χ1n) is 8.13. The van der Waals surface area contributed by atoms with Gasteiger partial charge in [-0.15, -0.1) is 0 Å². The van der Waals surface area contributed by atoms with E-state index >= 15 is 0 Å². The van der Waals surface area contributed by atoms with Crippen molar-refractivity contribution >= 4 is 5.91 Å². The Hall–Kier alpha value is -2.14. The smallest absolute Gasteiger partial charge is 0.269 e. The minimum atomic E-state index is -0.145. The summed E-state index contributed by atoms with van der Waals surface area (Å²) in [5, 5.41) is 3.17. The van der Waals surface area contributed by atoms with Gasteiger partial charge in [0, 0.05) is 17.7 Å². The molecule has 3 aliphatic rings. The lowest BCUT2D eigenvalue weighted by Gasteiger charge is -2.31. The highest BCUT2D eigenvalue weighted by molar-refractivity contribution is 5.95. The van der Waals surface area contributed by atoms with Gasteiger partial charge in [-0.3, -0.25) is 9.78 Å². The van der Waals surface area contributed by atoms with Crippen molar-refractivity contribution in [1.82, 2.24) is 21.2 Å². The fraction of sp³-hybridized carbons (Fsp3) is 0.444. The van der Waals surface area contributed by atoms with Gasteiger partial charge in [0.2, 0.25) is 0 Å². The molecule has 120 valence electrons. The lowest BCUT2D eigenvalue weighted by atomic mass is 9.84. The molecule has 3 N–H and O–H groups in total. The van der Waals surface area contributed by atoms with Crippen LogP contribution in [0, 0.1) is 11.3 Å². The minimum Gasteiger partial charge on any atom is -0.342 e. The van der Waals surface area contributed by atoms with Gasteiger partial charge in [0.25, 0.3) is 5.91 Å². The maximum Gasteiger partial charge on any atom is 0.269 e. The van der Waals surface area contributed by atoms with E-state index in [2.05, 4.69) is 48.0 Å². The van der Waals surface area contributed by atoms with Crippen LogP contribution in [0.5, 0.6) is 0 Å². The number of fused-ring (bicyclic) bond motifs is 3. The van der Waals surface area contributed by atoms with Crippen molar-refractivity contribution in [3.63, 3.8) is 0 Å². The molecule has 2 heterocycles. The van der Waals surface area contributed by atoms with Crippen molar-refractivity contribution in [2.45, 2.75) is 39.3 Å². The van der Waals surface area contributed by atoms with E-state index in [1.165, 1.54) is 5.57 Å². The predicted octanol–water partition coefficient (Wildman–Crippen LogP) is 1.98. The number of aromatic nitrogens is 1. The molecule has 2 aliphatic carbocycles. The zero-order valence-corrected chi connectivity index (χ0v) is 13.7. The first-order chi connectivity index (χ1) is 10.9. The summed E-state index contributed by atoms with van der Waals surface area (Å²) in [4.78, 5) is 17.2. The third-order valence-electron chi connectivity index (χ3n) is 4.84. The van der Waals surface area contributed by atoms with Crippen LogP contribution in [0.1, 0.15) is 38.9 Å². The molecule has 0 radical (unpaired) electrons. The molecule has 1 fully saturated rings. The van der Waals surface area contributed by atoms with E-state index in [4.69, 9.17) is 0 Å². The molecule has 0 aromatic carbocycles. The standard InChI is InChI=1S/C18H22N4O/c1-18(2,3)16(13-6-4-5-7-19-13)20-17(23)15-12-9-10-8-11(10)14(12)21-22-15/h4-7,9,11,14,16,21-22H,8H2,1-3H3,(H,20,23)/t11?,14?,16-/m0/s1. The fourth-order valence-corrected chi connectivity index (χ4v) is 3.50. The predicted molar refractivity (Wildman–Crippen MR) is 87.9 cm³/mol. The van der Waals surface area contributed by atoms with Crippen LogP contribution in [0.25, 0.3) is 0 Å². The van der Waals surface area contributed by atoms with E-state index in [1.54, 1.807) is 6.20 Å². The summed E-state index contributed by atoms with van der Waals surface area (Å²) in [5.74, 6) is 0.524. The Balaban J connectivity index is 1.59. The summed E-state index contributed by atoms with van der Waals surface area (Å²) in [6.45, 7) is 6.33. The molecule has 0 spiro atoms. The molecule has 1 amide bonds. The fourth-order valence-electron chi connectivity index (χ4n) is 3.50. The number of pyridine rings is 1. The Morgan fingerprint density at radius 1 is 1.39 bits per heavy atom. The Labute approximate surface area is 136 Å². The summed E-state index contributed by atoms with van der Waals surface area (Å²) >= 11 is 0. The van der Waals surface area contributed by atoms with Gasteiger partial charge in [-0.2, -0.15) is 0 Å². The van der Waals surface area contributed by atoms with Gasteiger partial charge < -0.3 is 10.7 Å². The number of nitrogens with zero attached hydrogens (tertiary/aromatic N) is 1. The monoisotopic (exact) mass is 310 g/mol. The van der Waals surface area contributed by atoms with Crippen molar-refractivity contribution in [3.8, 4) is 0 Å². The van der Waals surface area contributed by atoms with Gasteiger partial charge in [-0.05, 0) is 24.0 Å². The average Bonchev–Trinajstić information content (AvgIpc) is 2.99. The molecule has 0 saturated heterocycles. The SMILES string of the molecule is CC(C)(C)[C@@H](NC(=O)C1=C2C=C3CC3C2NN1)c1ccccn1. The number of carbonyl (C=O) groups is 1. The number of rotatable bonds is 3. The molecule has 5 nitrogen and oxygen atoms in total. The molecule has 2 unspecified atom stereocenters. The lowest BCUT2D eigenvalue weighted by molar-refractivity contribution is -0.119. The van der Waals surface area contributed by atoms with Gasteiger partial charge in [0.05, 0.1) is 17.8 Å². The van der Waals surface area contributed by atoms with Crippen LogP contribution in [0.2, 0.25) is 0 Å². The summed E-state index contributed by atoms with van der Waals surface area (Å²) in [7, 11) is 0. The Kier molecular flexibility index (Phi) is 3.10. The molecule has 1 aromatic rings. The van der Waals surface area contributed by atoms with Crippen molar-refractivity contribution in [3.05, 3.63) is 53.0 Å². The van der Waals surface area contributed by atoms with Crippen LogP contribution < -0.4 is 16.2 Å². The summed E-state index contributed by atoms with van der Waals surface area (Å²) in [6.07, 6.45) is 5.10. The molecule has 3 atom stereocenters. The first-order valence-corrected chi connectivity index (χ1v) is 8.13. The van der Waals surface area contributed by atoms with Crippen molar-refractivity contribution < 1.29 is 4.79 Å². The van der Waals surface area contributed by atoms with Crippen LogP contribution in [0.3, 0.4) is 0 Å². The topological polar surface area (TPSA) is 66.1 Å². The second-order valence-corrected chi connectivity index (χ2v) is 7.63. The van der Waals surface area contributed by atoms with Crippen LogP contribution in [-0.4, -0.2) is 16.9 Å². The zero-order valence-electron chi connectivity index (χ0n) is 13.7.